The molecule has 0 saturated carbocycles. The van der Waals surface area contributed by atoms with Gasteiger partial charge in [0.25, 0.3) is 0 Å². The van der Waals surface area contributed by atoms with E-state index in [0.29, 0.717) is 0 Å². The van der Waals surface area contributed by atoms with E-state index in [1.165, 1.54) is 15.8 Å². The molecule has 4 heteroatoms. The lowest BCUT2D eigenvalue weighted by atomic mass is 10.2. The summed E-state index contributed by atoms with van der Waals surface area (Å²) in [5, 5.41) is 6.61. The summed E-state index contributed by atoms with van der Waals surface area (Å²) in [6.45, 7) is 1.72. The Hall–Kier alpha value is -1.23. The first-order valence-corrected chi connectivity index (χ1v) is 7.42. The van der Waals surface area contributed by atoms with Gasteiger partial charge in [-0.1, -0.05) is 12.1 Å². The minimum Gasteiger partial charge on any atom is -0.307 e. The first-order chi connectivity index (χ1) is 8.81. The molecule has 0 bridgehead atoms. The second-order valence-corrected chi connectivity index (χ2v) is 6.28. The minimum absolute atomic E-state index is 0.164. The van der Waals surface area contributed by atoms with Crippen LogP contribution in [0.1, 0.15) is 9.75 Å². The van der Waals surface area contributed by atoms with Crippen LogP contribution in [0.25, 0.3) is 10.1 Å². The molecule has 0 saturated heterocycles. The van der Waals surface area contributed by atoms with Gasteiger partial charge in [-0.05, 0) is 35.0 Å². The van der Waals surface area contributed by atoms with Crippen LogP contribution in [0, 0.1) is 5.82 Å². The van der Waals surface area contributed by atoms with Crippen molar-refractivity contribution in [2.45, 2.75) is 13.1 Å². The van der Waals surface area contributed by atoms with Gasteiger partial charge in [0.05, 0.1) is 0 Å². The predicted molar refractivity (Wildman–Crippen MR) is 76.6 cm³/mol. The molecule has 0 fully saturated rings. The Morgan fingerprint density at radius 1 is 1.06 bits per heavy atom. The molecule has 3 rings (SSSR count). The maximum atomic E-state index is 13.1. The Bertz CT molecular complexity index is 643. The van der Waals surface area contributed by atoms with E-state index < -0.39 is 0 Å². The highest BCUT2D eigenvalue weighted by Crippen LogP contribution is 2.26. The van der Waals surface area contributed by atoms with E-state index in [4.69, 9.17) is 0 Å². The summed E-state index contributed by atoms with van der Waals surface area (Å²) >= 11 is 3.41. The molecule has 0 radical (unpaired) electrons. The van der Waals surface area contributed by atoms with Gasteiger partial charge < -0.3 is 5.32 Å². The Kier molecular flexibility index (Phi) is 3.41. The Morgan fingerprint density at radius 2 is 1.94 bits per heavy atom. The van der Waals surface area contributed by atoms with E-state index in [1.807, 2.05) is 6.07 Å². The van der Waals surface area contributed by atoms with Gasteiger partial charge in [-0.25, -0.2) is 4.39 Å². The van der Waals surface area contributed by atoms with Crippen LogP contribution in [0.2, 0.25) is 0 Å². The van der Waals surface area contributed by atoms with Gasteiger partial charge in [0, 0.05) is 27.5 Å². The molecule has 0 spiro atoms. The molecule has 0 unspecified atom stereocenters. The number of nitrogens with one attached hydrogen (secondary N) is 1. The highest BCUT2D eigenvalue weighted by molar-refractivity contribution is 7.19. The van der Waals surface area contributed by atoms with Gasteiger partial charge in [0.1, 0.15) is 5.82 Å². The molecule has 18 heavy (non-hydrogen) atoms. The van der Waals surface area contributed by atoms with Crippen LogP contribution in [-0.2, 0) is 13.1 Å². The lowest BCUT2D eigenvalue weighted by molar-refractivity contribution is 0.630. The standard InChI is InChI=1S/C14H12FNS2/c15-11-4-3-10-6-13(18-14(10)7-11)9-16-8-12-2-1-5-17-12/h1-7,16H,8-9H2. The van der Waals surface area contributed by atoms with E-state index in [9.17, 15) is 4.39 Å². The molecule has 92 valence electrons. The third-order valence-corrected chi connectivity index (χ3v) is 4.69. The van der Waals surface area contributed by atoms with Gasteiger partial charge in [0.2, 0.25) is 0 Å². The molecular formula is C14H12FNS2. The fourth-order valence-electron chi connectivity index (χ4n) is 1.87. The van der Waals surface area contributed by atoms with Gasteiger partial charge in [-0.15, -0.1) is 22.7 Å². The molecule has 0 aliphatic rings. The smallest absolute Gasteiger partial charge is 0.124 e. The molecule has 1 aromatic carbocycles. The normalized spacial score (nSPS) is 11.2. The maximum absolute atomic E-state index is 13.1. The maximum Gasteiger partial charge on any atom is 0.124 e. The summed E-state index contributed by atoms with van der Waals surface area (Å²) < 4.78 is 14.1. The minimum atomic E-state index is -0.164. The van der Waals surface area contributed by atoms with Crippen molar-refractivity contribution in [3.8, 4) is 0 Å². The molecule has 1 nitrogen and oxygen atoms in total. The molecule has 2 aromatic heterocycles. The first kappa shape index (κ1) is 11.8. The first-order valence-electron chi connectivity index (χ1n) is 5.72. The van der Waals surface area contributed by atoms with Crippen molar-refractivity contribution in [1.82, 2.24) is 5.32 Å². The van der Waals surface area contributed by atoms with Crippen LogP contribution >= 0.6 is 22.7 Å². The quantitative estimate of drug-likeness (QED) is 0.745. The van der Waals surface area contributed by atoms with Crippen molar-refractivity contribution >= 4 is 32.8 Å². The molecule has 0 atom stereocenters. The van der Waals surface area contributed by atoms with Gasteiger partial charge in [-0.2, -0.15) is 0 Å². The number of rotatable bonds is 4. The number of halogens is 1. The van der Waals surface area contributed by atoms with E-state index in [-0.39, 0.29) is 5.82 Å². The zero-order chi connectivity index (χ0) is 12.4. The van der Waals surface area contributed by atoms with Crippen LogP contribution < -0.4 is 5.32 Å². The SMILES string of the molecule is Fc1ccc2cc(CNCc3cccs3)sc2c1. The third kappa shape index (κ3) is 2.61. The van der Waals surface area contributed by atoms with Crippen molar-refractivity contribution in [3.63, 3.8) is 0 Å². The summed E-state index contributed by atoms with van der Waals surface area (Å²) in [5.74, 6) is -0.164. The lowest BCUT2D eigenvalue weighted by Crippen LogP contribution is -2.10. The summed E-state index contributed by atoms with van der Waals surface area (Å²) in [4.78, 5) is 2.58. The van der Waals surface area contributed by atoms with Crippen molar-refractivity contribution in [2.24, 2.45) is 0 Å². The summed E-state index contributed by atoms with van der Waals surface area (Å²) in [7, 11) is 0. The monoisotopic (exact) mass is 277 g/mol. The lowest BCUT2D eigenvalue weighted by Gasteiger charge is -1.99. The molecule has 2 heterocycles. The van der Waals surface area contributed by atoms with Crippen molar-refractivity contribution in [2.75, 3.05) is 0 Å². The van der Waals surface area contributed by atoms with Crippen molar-refractivity contribution in [3.05, 3.63) is 57.3 Å². The zero-order valence-corrected chi connectivity index (χ0v) is 11.3. The highest BCUT2D eigenvalue weighted by Gasteiger charge is 2.03. The second-order valence-electron chi connectivity index (χ2n) is 4.08. The average Bonchev–Trinajstić information content (AvgIpc) is 2.97. The van der Waals surface area contributed by atoms with Crippen molar-refractivity contribution in [1.29, 1.82) is 0 Å². The molecule has 1 N–H and O–H groups in total. The zero-order valence-electron chi connectivity index (χ0n) is 9.65. The predicted octanol–water partition coefficient (Wildman–Crippen LogP) is 4.39. The Balaban J connectivity index is 1.67. The van der Waals surface area contributed by atoms with Crippen molar-refractivity contribution < 1.29 is 4.39 Å². The second kappa shape index (κ2) is 5.18. The van der Waals surface area contributed by atoms with Gasteiger partial charge in [0.15, 0.2) is 0 Å². The summed E-state index contributed by atoms with van der Waals surface area (Å²) in [5.41, 5.74) is 0. The number of hydrogen-bond donors (Lipinski definition) is 1. The van der Waals surface area contributed by atoms with E-state index in [2.05, 4.69) is 28.9 Å². The van der Waals surface area contributed by atoms with Crippen LogP contribution in [0.15, 0.2) is 41.8 Å². The van der Waals surface area contributed by atoms with E-state index in [1.54, 1.807) is 28.7 Å². The number of hydrogen-bond acceptors (Lipinski definition) is 3. The highest BCUT2D eigenvalue weighted by atomic mass is 32.1. The fraction of sp³-hybridized carbons (Fsp3) is 0.143. The van der Waals surface area contributed by atoms with Crippen LogP contribution in [0.5, 0.6) is 0 Å². The van der Waals surface area contributed by atoms with Gasteiger partial charge >= 0.3 is 0 Å². The van der Waals surface area contributed by atoms with Crippen LogP contribution in [0.3, 0.4) is 0 Å². The topological polar surface area (TPSA) is 12.0 Å². The van der Waals surface area contributed by atoms with Crippen LogP contribution in [0.4, 0.5) is 4.39 Å². The summed E-state index contributed by atoms with van der Waals surface area (Å²) in [6.07, 6.45) is 0. The number of fused-ring (bicyclic) bond motifs is 1. The third-order valence-electron chi connectivity index (χ3n) is 2.71. The number of thiophene rings is 2. The van der Waals surface area contributed by atoms with Gasteiger partial charge in [-0.3, -0.25) is 0 Å². The molecular weight excluding hydrogens is 265 g/mol. The average molecular weight is 277 g/mol. The molecule has 0 aliphatic carbocycles. The largest absolute Gasteiger partial charge is 0.307 e. The Morgan fingerprint density at radius 3 is 2.78 bits per heavy atom. The number of benzene rings is 1. The summed E-state index contributed by atoms with van der Waals surface area (Å²) in [6, 6.07) is 11.3. The molecule has 0 amide bonds. The van der Waals surface area contributed by atoms with E-state index >= 15 is 0 Å². The van der Waals surface area contributed by atoms with Crippen LogP contribution in [-0.4, -0.2) is 0 Å². The molecule has 3 aromatic rings. The Labute approximate surface area is 113 Å². The molecule has 0 aliphatic heterocycles. The van der Waals surface area contributed by atoms with E-state index in [0.717, 1.165) is 23.2 Å². The fourth-order valence-corrected chi connectivity index (χ4v) is 3.60.